The highest BCUT2D eigenvalue weighted by molar-refractivity contribution is 6.85. The molecule has 0 radical (unpaired) electrons. The third-order valence-corrected chi connectivity index (χ3v) is 7.75. The van der Waals surface area contributed by atoms with Gasteiger partial charge in [0.05, 0.1) is 8.07 Å². The molecule has 0 aliphatic rings. The smallest absolute Gasteiger partial charge is 0.145 e. The fourth-order valence-electron chi connectivity index (χ4n) is 0.820. The molecule has 0 aliphatic heterocycles. The maximum Gasteiger partial charge on any atom is 0.145 e. The van der Waals surface area contributed by atoms with E-state index < -0.39 is 8.07 Å². The molecule has 70 valence electrons. The summed E-state index contributed by atoms with van der Waals surface area (Å²) < 4.78 is 0. The fourth-order valence-corrected chi connectivity index (χ4v) is 2.46. The zero-order chi connectivity index (χ0) is 9.99. The van der Waals surface area contributed by atoms with Crippen LogP contribution < -0.4 is 0 Å². The van der Waals surface area contributed by atoms with Crippen LogP contribution in [0.3, 0.4) is 0 Å². The number of carbonyl (C=O) groups excluding carboxylic acids is 1. The van der Waals surface area contributed by atoms with Gasteiger partial charge in [-0.25, -0.2) is 0 Å². The Morgan fingerprint density at radius 1 is 1.25 bits per heavy atom. The van der Waals surface area contributed by atoms with Crippen LogP contribution in [0.4, 0.5) is 0 Å². The van der Waals surface area contributed by atoms with Crippen LogP contribution in [-0.4, -0.2) is 14.4 Å². The summed E-state index contributed by atoms with van der Waals surface area (Å²) in [5.41, 5.74) is 3.06. The molecule has 0 saturated heterocycles. The van der Waals surface area contributed by atoms with Crippen LogP contribution in [0, 0.1) is 0 Å². The maximum atomic E-state index is 10.5. The van der Waals surface area contributed by atoms with Crippen LogP contribution in [0.25, 0.3) is 0 Å². The third kappa shape index (κ3) is 2.93. The highest BCUT2D eigenvalue weighted by atomic mass is 28.3. The Kier molecular flexibility index (Phi) is 3.45. The van der Waals surface area contributed by atoms with Gasteiger partial charge in [-0.2, -0.15) is 0 Å². The third-order valence-electron chi connectivity index (χ3n) is 2.71. The van der Waals surface area contributed by atoms with Crippen LogP contribution >= 0.6 is 0 Å². The Balaban J connectivity index is 4.75. The number of carbonyl (C=O) groups is 1. The first kappa shape index (κ1) is 11.6. The molecule has 2 heteroatoms. The molecule has 0 rings (SSSR count). The van der Waals surface area contributed by atoms with Crippen molar-refractivity contribution in [1.82, 2.24) is 0 Å². The Bertz CT molecular complexity index is 196. The number of hydrogen-bond acceptors (Lipinski definition) is 1. The van der Waals surface area contributed by atoms with E-state index in [2.05, 4.69) is 39.6 Å². The van der Waals surface area contributed by atoms with Gasteiger partial charge in [-0.05, 0) is 17.5 Å². The summed E-state index contributed by atoms with van der Waals surface area (Å²) in [7, 11) is -1.38. The van der Waals surface area contributed by atoms with Gasteiger partial charge in [0.1, 0.15) is 6.29 Å². The van der Waals surface area contributed by atoms with Crippen LogP contribution in [-0.2, 0) is 4.79 Å². The highest BCUT2D eigenvalue weighted by Crippen LogP contribution is 2.37. The first-order valence-electron chi connectivity index (χ1n) is 4.35. The molecule has 0 spiro atoms. The Hall–Kier alpha value is -0.373. The minimum absolute atomic E-state index is 0.331. The molecule has 0 saturated carbocycles. The van der Waals surface area contributed by atoms with Gasteiger partial charge in [0.25, 0.3) is 0 Å². The molecular weight excluding hydrogens is 164 g/mol. The van der Waals surface area contributed by atoms with E-state index in [1.54, 1.807) is 0 Å². The summed E-state index contributed by atoms with van der Waals surface area (Å²) >= 11 is 0. The molecule has 0 aromatic heterocycles. The Morgan fingerprint density at radius 2 is 1.67 bits per heavy atom. The average molecular weight is 184 g/mol. The molecule has 0 aromatic rings. The van der Waals surface area contributed by atoms with Crippen LogP contribution in [0.5, 0.6) is 0 Å². The lowest BCUT2D eigenvalue weighted by atomic mass is 10.2. The largest absolute Gasteiger partial charge is 0.298 e. The molecule has 0 bridgehead atoms. The normalized spacial score (nSPS) is 14.7. The van der Waals surface area contributed by atoms with E-state index in [1.807, 2.05) is 6.92 Å². The Labute approximate surface area is 76.9 Å². The summed E-state index contributed by atoms with van der Waals surface area (Å²) in [6.45, 7) is 13.2. The average Bonchev–Trinajstić information content (AvgIpc) is 1.84. The second kappa shape index (κ2) is 3.56. The van der Waals surface area contributed by atoms with Crippen molar-refractivity contribution in [2.45, 2.75) is 45.8 Å². The second-order valence-electron chi connectivity index (χ2n) is 4.98. The van der Waals surface area contributed by atoms with Gasteiger partial charge < -0.3 is 0 Å². The van der Waals surface area contributed by atoms with Crippen molar-refractivity contribution < 1.29 is 4.79 Å². The van der Waals surface area contributed by atoms with E-state index in [-0.39, 0.29) is 0 Å². The molecule has 0 amide bonds. The van der Waals surface area contributed by atoms with Gasteiger partial charge >= 0.3 is 0 Å². The van der Waals surface area contributed by atoms with Crippen molar-refractivity contribution >= 4 is 14.4 Å². The van der Waals surface area contributed by atoms with Crippen molar-refractivity contribution in [3.63, 3.8) is 0 Å². The van der Waals surface area contributed by atoms with E-state index in [9.17, 15) is 4.79 Å². The van der Waals surface area contributed by atoms with Crippen LogP contribution in [0.2, 0.25) is 18.1 Å². The molecule has 0 N–H and O–H groups in total. The summed E-state index contributed by atoms with van der Waals surface area (Å²) in [5.74, 6) is 0. The zero-order valence-corrected chi connectivity index (χ0v) is 10.1. The monoisotopic (exact) mass is 184 g/mol. The Morgan fingerprint density at radius 3 is 1.92 bits per heavy atom. The molecular formula is C10H20OSi. The van der Waals surface area contributed by atoms with Gasteiger partial charge in [0.15, 0.2) is 0 Å². The maximum absolute atomic E-state index is 10.5. The minimum atomic E-state index is -1.38. The first-order valence-corrected chi connectivity index (χ1v) is 7.43. The highest BCUT2D eigenvalue weighted by Gasteiger charge is 2.32. The van der Waals surface area contributed by atoms with Gasteiger partial charge in [-0.1, -0.05) is 39.6 Å². The van der Waals surface area contributed by atoms with E-state index >= 15 is 0 Å². The molecule has 0 unspecified atom stereocenters. The quantitative estimate of drug-likeness (QED) is 0.366. The topological polar surface area (TPSA) is 17.1 Å². The molecule has 1 nitrogen and oxygen atoms in total. The molecule has 0 atom stereocenters. The van der Waals surface area contributed by atoms with Crippen molar-refractivity contribution in [3.8, 4) is 0 Å². The number of hydrogen-bond donors (Lipinski definition) is 0. The molecule has 12 heavy (non-hydrogen) atoms. The summed E-state index contributed by atoms with van der Waals surface area (Å²) in [6, 6.07) is 0. The van der Waals surface area contributed by atoms with E-state index in [0.29, 0.717) is 5.04 Å². The molecule has 0 aromatic carbocycles. The SMILES string of the molecule is C/C(C=O)=C\[Si](C)(C)C(C)(C)C. The lowest BCUT2D eigenvalue weighted by Gasteiger charge is -2.34. The summed E-state index contributed by atoms with van der Waals surface area (Å²) in [5, 5.41) is 0.331. The number of allylic oxidation sites excluding steroid dienone is 1. The number of rotatable bonds is 2. The van der Waals surface area contributed by atoms with Gasteiger partial charge in [-0.15, -0.1) is 0 Å². The summed E-state index contributed by atoms with van der Waals surface area (Å²) in [4.78, 5) is 10.5. The zero-order valence-electron chi connectivity index (χ0n) is 9.06. The van der Waals surface area contributed by atoms with Crippen molar-refractivity contribution in [1.29, 1.82) is 0 Å². The van der Waals surface area contributed by atoms with Gasteiger partial charge in [0.2, 0.25) is 0 Å². The van der Waals surface area contributed by atoms with Crippen molar-refractivity contribution in [2.24, 2.45) is 0 Å². The summed E-state index contributed by atoms with van der Waals surface area (Å²) in [6.07, 6.45) is 0.945. The van der Waals surface area contributed by atoms with Crippen molar-refractivity contribution in [3.05, 3.63) is 11.3 Å². The first-order chi connectivity index (χ1) is 5.20. The minimum Gasteiger partial charge on any atom is -0.298 e. The molecule has 0 heterocycles. The van der Waals surface area contributed by atoms with E-state index in [1.165, 1.54) is 0 Å². The molecule has 0 fully saturated rings. The second-order valence-corrected chi connectivity index (χ2v) is 10.2. The predicted octanol–water partition coefficient (Wildman–Crippen LogP) is 3.18. The fraction of sp³-hybridized carbons (Fsp3) is 0.700. The van der Waals surface area contributed by atoms with Crippen LogP contribution in [0.1, 0.15) is 27.7 Å². The molecule has 0 aliphatic carbocycles. The van der Waals surface area contributed by atoms with E-state index in [4.69, 9.17) is 0 Å². The standard InChI is InChI=1S/C10H20OSi/c1-9(7-11)8-12(5,6)10(2,3)4/h7-8H,1-6H3/b9-8+. The van der Waals surface area contributed by atoms with Crippen molar-refractivity contribution in [2.75, 3.05) is 0 Å². The van der Waals surface area contributed by atoms with Gasteiger partial charge in [0, 0.05) is 0 Å². The number of aldehydes is 1. The lowest BCUT2D eigenvalue weighted by Crippen LogP contribution is -2.35. The van der Waals surface area contributed by atoms with Gasteiger partial charge in [-0.3, -0.25) is 4.79 Å². The predicted molar refractivity (Wildman–Crippen MR) is 57.0 cm³/mol. The van der Waals surface area contributed by atoms with Crippen LogP contribution in [0.15, 0.2) is 11.3 Å². The lowest BCUT2D eigenvalue weighted by molar-refractivity contribution is -0.104. The van der Waals surface area contributed by atoms with E-state index in [0.717, 1.165) is 11.9 Å².